The third-order valence-electron chi connectivity index (χ3n) is 4.87. The van der Waals surface area contributed by atoms with Gasteiger partial charge < -0.3 is 23.8 Å². The van der Waals surface area contributed by atoms with Crippen LogP contribution in [0.3, 0.4) is 0 Å². The van der Waals surface area contributed by atoms with Crippen molar-refractivity contribution in [1.82, 2.24) is 4.90 Å². The van der Waals surface area contributed by atoms with E-state index >= 15 is 0 Å². The van der Waals surface area contributed by atoms with Crippen LogP contribution in [-0.4, -0.2) is 50.3 Å². The number of hydrogen-bond donors (Lipinski definition) is 0. The number of ether oxygens (including phenoxy) is 4. The maximum absolute atomic E-state index is 12.5. The summed E-state index contributed by atoms with van der Waals surface area (Å²) in [6.07, 6.45) is 0.801. The Labute approximate surface area is 162 Å². The topological polar surface area (TPSA) is 74.3 Å². The predicted molar refractivity (Wildman–Crippen MR) is 99.8 cm³/mol. The third kappa shape index (κ3) is 3.60. The molecule has 7 nitrogen and oxygen atoms in total. The molecule has 4 rings (SSSR count). The number of amides is 1. The summed E-state index contributed by atoms with van der Waals surface area (Å²) in [6.45, 7) is 1.65. The zero-order chi connectivity index (χ0) is 19.5. The summed E-state index contributed by atoms with van der Waals surface area (Å²) in [5.74, 6) is 0.460. The summed E-state index contributed by atoms with van der Waals surface area (Å²) in [5.41, 5.74) is 2.63. The highest BCUT2D eigenvalue weighted by molar-refractivity contribution is 5.93. The maximum Gasteiger partial charge on any atom is 0.338 e. The summed E-state index contributed by atoms with van der Waals surface area (Å²) in [5, 5.41) is 0. The summed E-state index contributed by atoms with van der Waals surface area (Å²) in [6, 6.07) is 11.1. The average molecular weight is 383 g/mol. The van der Waals surface area contributed by atoms with Crippen LogP contribution >= 0.6 is 0 Å². The highest BCUT2D eigenvalue weighted by Gasteiger charge is 2.24. The molecule has 0 N–H and O–H groups in total. The van der Waals surface area contributed by atoms with Crippen LogP contribution in [0.4, 0.5) is 0 Å². The minimum absolute atomic E-state index is 0.215. The zero-order valence-corrected chi connectivity index (χ0v) is 15.6. The first kappa shape index (κ1) is 18.2. The molecule has 0 saturated heterocycles. The summed E-state index contributed by atoms with van der Waals surface area (Å²) in [7, 11) is 1.49. The fourth-order valence-electron chi connectivity index (χ4n) is 3.40. The van der Waals surface area contributed by atoms with Gasteiger partial charge in [-0.15, -0.1) is 0 Å². The van der Waals surface area contributed by atoms with Gasteiger partial charge in [-0.1, -0.05) is 24.3 Å². The van der Waals surface area contributed by atoms with E-state index in [4.69, 9.17) is 18.9 Å². The molecule has 2 aromatic carbocycles. The first-order valence-corrected chi connectivity index (χ1v) is 9.15. The van der Waals surface area contributed by atoms with Gasteiger partial charge in [0.1, 0.15) is 13.2 Å². The van der Waals surface area contributed by atoms with Gasteiger partial charge >= 0.3 is 5.97 Å². The number of benzene rings is 2. The predicted octanol–water partition coefficient (Wildman–Crippen LogP) is 2.21. The van der Waals surface area contributed by atoms with Crippen LogP contribution in [0.2, 0.25) is 0 Å². The van der Waals surface area contributed by atoms with Crippen molar-refractivity contribution in [3.05, 3.63) is 53.1 Å². The lowest BCUT2D eigenvalue weighted by Gasteiger charge is -2.28. The molecule has 0 spiro atoms. The number of esters is 1. The molecule has 0 aliphatic carbocycles. The van der Waals surface area contributed by atoms with Crippen LogP contribution in [0.25, 0.3) is 0 Å². The minimum Gasteiger partial charge on any atom is -0.493 e. The Morgan fingerprint density at radius 1 is 1.11 bits per heavy atom. The van der Waals surface area contributed by atoms with E-state index in [2.05, 4.69) is 6.07 Å². The first-order chi connectivity index (χ1) is 13.7. The Hall–Kier alpha value is -3.22. The molecule has 0 atom stereocenters. The molecule has 0 saturated carbocycles. The summed E-state index contributed by atoms with van der Waals surface area (Å²) in [4.78, 5) is 26.6. The lowest BCUT2D eigenvalue weighted by Crippen LogP contribution is -2.38. The SMILES string of the molecule is COc1cc(C(=O)OCC(=O)N2CCc3ccccc3C2)cc2c1OCCO2. The van der Waals surface area contributed by atoms with Crippen molar-refractivity contribution in [3.8, 4) is 17.2 Å². The van der Waals surface area contributed by atoms with Gasteiger partial charge in [-0.05, 0) is 29.7 Å². The van der Waals surface area contributed by atoms with Gasteiger partial charge in [0.15, 0.2) is 18.1 Å². The van der Waals surface area contributed by atoms with Gasteiger partial charge in [0.05, 0.1) is 12.7 Å². The van der Waals surface area contributed by atoms with Crippen LogP contribution in [-0.2, 0) is 22.5 Å². The molecule has 2 aliphatic rings. The highest BCUT2D eigenvalue weighted by atomic mass is 16.6. The van der Waals surface area contributed by atoms with E-state index in [0.29, 0.717) is 43.6 Å². The van der Waals surface area contributed by atoms with E-state index in [9.17, 15) is 9.59 Å². The standard InChI is InChI=1S/C21H21NO6/c1-25-17-10-16(11-18-20(17)27-9-8-26-18)21(24)28-13-19(23)22-7-6-14-4-2-3-5-15(14)12-22/h2-5,10-11H,6-9,12-13H2,1H3. The van der Waals surface area contributed by atoms with E-state index in [0.717, 1.165) is 12.0 Å². The fourth-order valence-corrected chi connectivity index (χ4v) is 3.40. The number of carbonyl (C=O) groups is 2. The molecule has 1 amide bonds. The number of carbonyl (C=O) groups excluding carboxylic acids is 2. The highest BCUT2D eigenvalue weighted by Crippen LogP contribution is 2.40. The molecule has 0 radical (unpaired) electrons. The molecule has 2 heterocycles. The van der Waals surface area contributed by atoms with Crippen molar-refractivity contribution < 1.29 is 28.5 Å². The smallest absolute Gasteiger partial charge is 0.338 e. The van der Waals surface area contributed by atoms with Crippen LogP contribution < -0.4 is 14.2 Å². The molecule has 2 aromatic rings. The van der Waals surface area contributed by atoms with Crippen molar-refractivity contribution in [2.75, 3.05) is 33.5 Å². The molecule has 7 heteroatoms. The van der Waals surface area contributed by atoms with E-state index in [1.165, 1.54) is 18.7 Å². The number of methoxy groups -OCH3 is 1. The fraction of sp³-hybridized carbons (Fsp3) is 0.333. The second kappa shape index (κ2) is 7.80. The monoisotopic (exact) mass is 383 g/mol. The molecular formula is C21H21NO6. The Bertz CT molecular complexity index is 893. The minimum atomic E-state index is -0.610. The van der Waals surface area contributed by atoms with E-state index in [1.54, 1.807) is 11.0 Å². The van der Waals surface area contributed by atoms with Gasteiger partial charge in [-0.25, -0.2) is 4.79 Å². The van der Waals surface area contributed by atoms with Crippen LogP contribution in [0, 0.1) is 0 Å². The lowest BCUT2D eigenvalue weighted by molar-refractivity contribution is -0.135. The third-order valence-corrected chi connectivity index (χ3v) is 4.87. The van der Waals surface area contributed by atoms with Crippen LogP contribution in [0.15, 0.2) is 36.4 Å². The zero-order valence-electron chi connectivity index (χ0n) is 15.6. The number of rotatable bonds is 4. The molecule has 146 valence electrons. The van der Waals surface area contributed by atoms with Crippen molar-refractivity contribution >= 4 is 11.9 Å². The number of nitrogens with zero attached hydrogens (tertiary/aromatic N) is 1. The van der Waals surface area contributed by atoms with Gasteiger partial charge in [0.2, 0.25) is 5.75 Å². The largest absolute Gasteiger partial charge is 0.493 e. The van der Waals surface area contributed by atoms with E-state index in [1.807, 2.05) is 18.2 Å². The van der Waals surface area contributed by atoms with Gasteiger partial charge in [0.25, 0.3) is 5.91 Å². The molecule has 0 unspecified atom stereocenters. The number of fused-ring (bicyclic) bond motifs is 2. The maximum atomic E-state index is 12.5. The Morgan fingerprint density at radius 3 is 2.71 bits per heavy atom. The summed E-state index contributed by atoms with van der Waals surface area (Å²) >= 11 is 0. The van der Waals surface area contributed by atoms with E-state index in [-0.39, 0.29) is 18.1 Å². The van der Waals surface area contributed by atoms with Gasteiger partial charge in [-0.2, -0.15) is 0 Å². The summed E-state index contributed by atoms with van der Waals surface area (Å²) < 4.78 is 21.6. The lowest BCUT2D eigenvalue weighted by atomic mass is 10.00. The van der Waals surface area contributed by atoms with Crippen molar-refractivity contribution in [1.29, 1.82) is 0 Å². The molecule has 0 bridgehead atoms. The second-order valence-electron chi connectivity index (χ2n) is 6.61. The molecule has 0 fully saturated rings. The Balaban J connectivity index is 1.40. The quantitative estimate of drug-likeness (QED) is 0.754. The van der Waals surface area contributed by atoms with Gasteiger partial charge in [0, 0.05) is 13.1 Å². The Morgan fingerprint density at radius 2 is 1.89 bits per heavy atom. The van der Waals surface area contributed by atoms with Crippen molar-refractivity contribution in [3.63, 3.8) is 0 Å². The average Bonchev–Trinajstić information content (AvgIpc) is 2.76. The second-order valence-corrected chi connectivity index (χ2v) is 6.61. The van der Waals surface area contributed by atoms with Crippen LogP contribution in [0.5, 0.6) is 17.2 Å². The normalized spacial score (nSPS) is 14.8. The number of hydrogen-bond acceptors (Lipinski definition) is 6. The Kier molecular flexibility index (Phi) is 5.06. The van der Waals surface area contributed by atoms with Gasteiger partial charge in [-0.3, -0.25) is 4.79 Å². The molecular weight excluding hydrogens is 362 g/mol. The first-order valence-electron chi connectivity index (χ1n) is 9.15. The molecule has 2 aliphatic heterocycles. The van der Waals surface area contributed by atoms with E-state index < -0.39 is 5.97 Å². The van der Waals surface area contributed by atoms with Crippen LogP contribution in [0.1, 0.15) is 21.5 Å². The van der Waals surface area contributed by atoms with Crippen molar-refractivity contribution in [2.45, 2.75) is 13.0 Å². The van der Waals surface area contributed by atoms with Crippen molar-refractivity contribution in [2.24, 2.45) is 0 Å². The molecule has 0 aromatic heterocycles. The molecule has 28 heavy (non-hydrogen) atoms.